The molecule has 0 bridgehead atoms. The van der Waals surface area contributed by atoms with Crippen molar-refractivity contribution in [3.63, 3.8) is 0 Å². The monoisotopic (exact) mass is 612 g/mol. The third kappa shape index (κ3) is 6.33. The van der Waals surface area contributed by atoms with Crippen molar-refractivity contribution >= 4 is 38.6 Å². The highest BCUT2D eigenvalue weighted by molar-refractivity contribution is 7.91. The van der Waals surface area contributed by atoms with Crippen LogP contribution in [0.5, 0.6) is 0 Å². The molecule has 3 aromatic rings. The molecule has 15 heteroatoms. The van der Waals surface area contributed by atoms with E-state index < -0.39 is 33.4 Å². The molecule has 0 amide bonds. The van der Waals surface area contributed by atoms with Crippen molar-refractivity contribution in [3.05, 3.63) is 40.5 Å². The van der Waals surface area contributed by atoms with Gasteiger partial charge in [-0.2, -0.15) is 13.2 Å². The van der Waals surface area contributed by atoms with E-state index in [1.54, 1.807) is 13.0 Å². The number of ether oxygens (including phenoxy) is 1. The molecular formula is C26H31F3N6O4S2. The number of alkyl halides is 3. The molecule has 2 aliphatic heterocycles. The Hall–Kier alpha value is -2.85. The largest absolute Gasteiger partial charge is 0.420 e. The zero-order valence-electron chi connectivity index (χ0n) is 22.6. The average Bonchev–Trinajstić information content (AvgIpc) is 3.36. The lowest BCUT2D eigenvalue weighted by atomic mass is 10.2. The molecule has 0 aromatic carbocycles. The fraction of sp³-hybridized carbons (Fsp3) is 0.500. The molecule has 3 aromatic heterocycles. The van der Waals surface area contributed by atoms with E-state index in [1.807, 2.05) is 13.0 Å². The van der Waals surface area contributed by atoms with E-state index in [-0.39, 0.29) is 34.7 Å². The van der Waals surface area contributed by atoms with Crippen LogP contribution in [-0.2, 0) is 27.2 Å². The highest BCUT2D eigenvalue weighted by Crippen LogP contribution is 2.44. The first kappa shape index (κ1) is 29.6. The predicted molar refractivity (Wildman–Crippen MR) is 149 cm³/mol. The third-order valence-electron chi connectivity index (χ3n) is 7.13. The number of hydrogen-bond acceptors (Lipinski definition) is 11. The van der Waals surface area contributed by atoms with E-state index in [1.165, 1.54) is 6.07 Å². The van der Waals surface area contributed by atoms with Crippen molar-refractivity contribution in [2.75, 3.05) is 61.9 Å². The summed E-state index contributed by atoms with van der Waals surface area (Å²) in [6.45, 7) is 7.52. The molecule has 0 radical (unpaired) electrons. The molecular weight excluding hydrogens is 581 g/mol. The number of thiophene rings is 1. The molecule has 10 nitrogen and oxygen atoms in total. The van der Waals surface area contributed by atoms with E-state index in [2.05, 4.69) is 25.1 Å². The van der Waals surface area contributed by atoms with Gasteiger partial charge in [0.1, 0.15) is 11.4 Å². The lowest BCUT2D eigenvalue weighted by molar-refractivity contribution is -0.137. The Bertz CT molecular complexity index is 1510. The Morgan fingerprint density at radius 1 is 1.20 bits per heavy atom. The summed E-state index contributed by atoms with van der Waals surface area (Å²) in [5.74, 6) is 0.484. The zero-order chi connectivity index (χ0) is 29.4. The van der Waals surface area contributed by atoms with Crippen LogP contribution in [0.15, 0.2) is 29.3 Å². The highest BCUT2D eigenvalue weighted by Gasteiger charge is 2.37. The lowest BCUT2D eigenvalue weighted by Crippen LogP contribution is -2.47. The molecule has 5 rings (SSSR count). The number of hydrogen-bond donors (Lipinski definition) is 2. The number of β-amino-alcohol motifs (C(OH)–C–C–N with tert-alkyl or cyclic N) is 1. The van der Waals surface area contributed by atoms with Crippen LogP contribution < -0.4 is 10.2 Å². The van der Waals surface area contributed by atoms with Gasteiger partial charge >= 0.3 is 6.18 Å². The van der Waals surface area contributed by atoms with Crippen LogP contribution in [0.2, 0.25) is 0 Å². The molecule has 2 N–H and O–H groups in total. The number of sulfone groups is 1. The fourth-order valence-electron chi connectivity index (χ4n) is 4.90. The minimum Gasteiger partial charge on any atom is -0.395 e. The van der Waals surface area contributed by atoms with Crippen LogP contribution in [0.3, 0.4) is 0 Å². The summed E-state index contributed by atoms with van der Waals surface area (Å²) in [7, 11) is -3.72. The number of fused-ring (bicyclic) bond motifs is 1. The van der Waals surface area contributed by atoms with Gasteiger partial charge in [-0.3, -0.25) is 4.90 Å². The molecule has 222 valence electrons. The number of nitrogens with zero attached hydrogens (tertiary/aromatic N) is 5. The van der Waals surface area contributed by atoms with Crippen molar-refractivity contribution in [3.8, 4) is 10.6 Å². The van der Waals surface area contributed by atoms with Crippen LogP contribution in [-0.4, -0.2) is 85.1 Å². The Labute approximate surface area is 240 Å². The van der Waals surface area contributed by atoms with Crippen molar-refractivity contribution in [2.45, 2.75) is 37.4 Å². The van der Waals surface area contributed by atoms with Crippen LogP contribution in [0.1, 0.15) is 36.1 Å². The maximum atomic E-state index is 14.0. The molecule has 0 unspecified atom stereocenters. The SMILES string of the molecule is CCc1nc(N2CCN(CCO)CC2)ccc1Nc1ncc(C(F)(F)F)c(-c2cc3c(s2)[C@@H](C)OCCS3(=O)=O)n1. The minimum atomic E-state index is -4.75. The van der Waals surface area contributed by atoms with Crippen LogP contribution in [0.25, 0.3) is 10.6 Å². The number of aryl methyl sites for hydroxylation is 1. The lowest BCUT2D eigenvalue weighted by Gasteiger charge is -2.35. The van der Waals surface area contributed by atoms with Gasteiger partial charge in [-0.25, -0.2) is 23.4 Å². The third-order valence-corrected chi connectivity index (χ3v) is 10.3. The normalized spacial score (nSPS) is 19.6. The van der Waals surface area contributed by atoms with Gasteiger partial charge < -0.3 is 20.1 Å². The average molecular weight is 613 g/mol. The van der Waals surface area contributed by atoms with Crippen molar-refractivity contribution in [2.24, 2.45) is 0 Å². The number of rotatable bonds is 7. The van der Waals surface area contributed by atoms with Crippen LogP contribution >= 0.6 is 11.3 Å². The summed E-state index contributed by atoms with van der Waals surface area (Å²) in [6.07, 6.45) is -4.07. The van der Waals surface area contributed by atoms with Gasteiger partial charge in [0.05, 0.1) is 56.8 Å². The molecule has 0 spiro atoms. The Morgan fingerprint density at radius 3 is 2.63 bits per heavy atom. The van der Waals surface area contributed by atoms with Crippen LogP contribution in [0, 0.1) is 0 Å². The molecule has 2 aliphatic rings. The number of piperazine rings is 1. The second-order valence-corrected chi connectivity index (χ2v) is 13.0. The first-order valence-corrected chi connectivity index (χ1v) is 15.7. The molecule has 5 heterocycles. The number of pyridine rings is 1. The van der Waals surface area contributed by atoms with Crippen molar-refractivity contribution in [1.82, 2.24) is 19.9 Å². The van der Waals surface area contributed by atoms with Gasteiger partial charge in [0.25, 0.3) is 0 Å². The summed E-state index contributed by atoms with van der Waals surface area (Å²) >= 11 is 0.929. The first-order valence-electron chi connectivity index (χ1n) is 13.3. The Morgan fingerprint density at radius 2 is 1.95 bits per heavy atom. The Kier molecular flexibility index (Phi) is 8.53. The van der Waals surface area contributed by atoms with Crippen LogP contribution in [0.4, 0.5) is 30.6 Å². The summed E-state index contributed by atoms with van der Waals surface area (Å²) in [5, 5.41) is 12.2. The van der Waals surface area contributed by atoms with E-state index in [0.717, 1.165) is 43.3 Å². The second kappa shape index (κ2) is 11.8. The standard InChI is InChI=1S/C26H31F3N6O4S2/c1-3-18-19(4-5-22(31-18)35-8-6-34(7-9-35)10-11-36)32-25-30-15-17(26(27,28)29)23(33-25)20-14-21-24(40-20)16(2)39-12-13-41(21,37)38/h4-5,14-16,36H,3,6-13H2,1-2H3,(H,30,32,33)/t16-/m1/s1. The van der Waals surface area contributed by atoms with Gasteiger partial charge in [-0.1, -0.05) is 6.92 Å². The second-order valence-electron chi connectivity index (χ2n) is 9.82. The van der Waals surface area contributed by atoms with Gasteiger partial charge in [0.2, 0.25) is 5.95 Å². The van der Waals surface area contributed by atoms with Gasteiger partial charge in [0.15, 0.2) is 9.84 Å². The molecule has 1 saturated heterocycles. The predicted octanol–water partition coefficient (Wildman–Crippen LogP) is 3.90. The minimum absolute atomic E-state index is 0.0160. The zero-order valence-corrected chi connectivity index (χ0v) is 24.2. The summed E-state index contributed by atoms with van der Waals surface area (Å²) in [4.78, 5) is 17.7. The van der Waals surface area contributed by atoms with E-state index in [4.69, 9.17) is 14.8 Å². The van der Waals surface area contributed by atoms with Gasteiger partial charge in [0, 0.05) is 38.9 Å². The van der Waals surface area contributed by atoms with E-state index >= 15 is 0 Å². The number of halogens is 3. The summed E-state index contributed by atoms with van der Waals surface area (Å²) in [5.41, 5.74) is -0.202. The molecule has 1 atom stereocenters. The summed E-state index contributed by atoms with van der Waals surface area (Å²) in [6, 6.07) is 4.91. The maximum Gasteiger partial charge on any atom is 0.420 e. The molecule has 41 heavy (non-hydrogen) atoms. The number of aliphatic hydroxyl groups excluding tert-OH is 1. The Balaban J connectivity index is 1.46. The maximum absolute atomic E-state index is 14.0. The topological polar surface area (TPSA) is 121 Å². The number of aromatic nitrogens is 3. The highest BCUT2D eigenvalue weighted by atomic mass is 32.2. The van der Waals surface area contributed by atoms with Crippen molar-refractivity contribution < 1.29 is 31.4 Å². The molecule has 0 saturated carbocycles. The summed E-state index contributed by atoms with van der Waals surface area (Å²) < 4.78 is 73.1. The first-order chi connectivity index (χ1) is 19.5. The van der Waals surface area contributed by atoms with E-state index in [9.17, 15) is 21.6 Å². The smallest absolute Gasteiger partial charge is 0.395 e. The number of nitrogens with one attached hydrogen (secondary N) is 1. The molecule has 0 aliphatic carbocycles. The fourth-order valence-corrected chi connectivity index (χ4v) is 7.85. The molecule has 1 fully saturated rings. The quantitative estimate of drug-likeness (QED) is 0.407. The number of anilines is 3. The van der Waals surface area contributed by atoms with Gasteiger partial charge in [-0.15, -0.1) is 11.3 Å². The van der Waals surface area contributed by atoms with Gasteiger partial charge in [-0.05, 0) is 31.5 Å². The van der Waals surface area contributed by atoms with E-state index in [0.29, 0.717) is 35.4 Å². The van der Waals surface area contributed by atoms with Crippen molar-refractivity contribution in [1.29, 1.82) is 0 Å². The number of aliphatic hydroxyl groups is 1.